The molecular formula is C2H6O2Se. The zero-order valence-electron chi connectivity index (χ0n) is 3.22. The molecule has 0 unspecified atom stereocenters. The Morgan fingerprint density at radius 1 is 1.20 bits per heavy atom. The fourth-order valence-corrected chi connectivity index (χ4v) is 0. The molecule has 3 heteroatoms. The molecule has 0 aromatic heterocycles. The molecule has 0 saturated heterocycles. The van der Waals surface area contributed by atoms with Crippen LogP contribution >= 0.6 is 0 Å². The molecule has 5 heavy (non-hydrogen) atoms. The molecule has 0 radical (unpaired) electrons. The summed E-state index contributed by atoms with van der Waals surface area (Å²) in [6.45, 7) is 0. The van der Waals surface area contributed by atoms with E-state index in [0.717, 1.165) is 0 Å². The first-order valence-electron chi connectivity index (χ1n) is 1.15. The van der Waals surface area contributed by atoms with E-state index in [1.165, 1.54) is 11.6 Å². The van der Waals surface area contributed by atoms with Crippen molar-refractivity contribution in [2.75, 3.05) is 0 Å². The van der Waals surface area contributed by atoms with E-state index in [4.69, 9.17) is 0 Å². The summed E-state index contributed by atoms with van der Waals surface area (Å²) in [6, 6.07) is 0. The molecule has 0 saturated carbocycles. The molecule has 0 aliphatic rings. The first kappa shape index (κ1) is 5.12. The van der Waals surface area contributed by atoms with Gasteiger partial charge in [0.2, 0.25) is 0 Å². The van der Waals surface area contributed by atoms with Gasteiger partial charge < -0.3 is 0 Å². The van der Waals surface area contributed by atoms with E-state index in [9.17, 15) is 7.67 Å². The van der Waals surface area contributed by atoms with Crippen molar-refractivity contribution < 1.29 is 7.67 Å². The summed E-state index contributed by atoms with van der Waals surface area (Å²) in [5.74, 6) is 2.47. The molecule has 2 nitrogen and oxygen atoms in total. The molecule has 0 atom stereocenters. The van der Waals surface area contributed by atoms with Gasteiger partial charge in [0.15, 0.2) is 0 Å². The standard InChI is InChI=1S/C2H6O2Se/c1-5(2,3)4/h1-2H3. The van der Waals surface area contributed by atoms with Crippen LogP contribution in [-0.4, -0.2) is 12.7 Å². The Bertz CT molecular complexity index is 90.8. The van der Waals surface area contributed by atoms with Gasteiger partial charge in [-0.3, -0.25) is 0 Å². The van der Waals surface area contributed by atoms with Crippen molar-refractivity contribution in [3.63, 3.8) is 0 Å². The Morgan fingerprint density at radius 3 is 1.20 bits per heavy atom. The molecule has 0 amide bonds. The number of rotatable bonds is 0. The van der Waals surface area contributed by atoms with Crippen molar-refractivity contribution >= 4 is 12.7 Å². The van der Waals surface area contributed by atoms with Gasteiger partial charge in [-0.25, -0.2) is 0 Å². The topological polar surface area (TPSA) is 34.1 Å². The van der Waals surface area contributed by atoms with E-state index in [1.54, 1.807) is 0 Å². The molecular weight excluding hydrogens is 135 g/mol. The molecule has 0 bridgehead atoms. The van der Waals surface area contributed by atoms with E-state index >= 15 is 0 Å². The first-order valence-corrected chi connectivity index (χ1v) is 5.97. The molecule has 0 fully saturated rings. The Labute approximate surface area is 32.8 Å². The van der Waals surface area contributed by atoms with Crippen molar-refractivity contribution in [3.8, 4) is 0 Å². The van der Waals surface area contributed by atoms with Crippen LogP contribution in [0.3, 0.4) is 0 Å². The number of hydrogen-bond acceptors (Lipinski definition) is 2. The quantitative estimate of drug-likeness (QED) is 0.461. The van der Waals surface area contributed by atoms with Crippen LogP contribution in [0.25, 0.3) is 0 Å². The summed E-state index contributed by atoms with van der Waals surface area (Å²) in [5.41, 5.74) is 0. The minimum atomic E-state index is -3.25. The van der Waals surface area contributed by atoms with Crippen LogP contribution in [0, 0.1) is 0 Å². The molecule has 0 aliphatic heterocycles. The fourth-order valence-electron chi connectivity index (χ4n) is 0. The first-order chi connectivity index (χ1) is 2.00. The molecule has 0 aliphatic carbocycles. The van der Waals surface area contributed by atoms with E-state index in [1.807, 2.05) is 0 Å². The van der Waals surface area contributed by atoms with Crippen LogP contribution in [0.5, 0.6) is 0 Å². The van der Waals surface area contributed by atoms with Crippen LogP contribution in [-0.2, 0) is 7.67 Å². The van der Waals surface area contributed by atoms with Crippen LogP contribution in [0.2, 0.25) is 11.6 Å². The molecule has 0 aromatic rings. The maximum absolute atomic E-state index is 9.70. The molecule has 0 N–H and O–H groups in total. The van der Waals surface area contributed by atoms with Gasteiger partial charge in [0, 0.05) is 0 Å². The van der Waals surface area contributed by atoms with Gasteiger partial charge in [0.25, 0.3) is 0 Å². The van der Waals surface area contributed by atoms with Gasteiger partial charge in [0.05, 0.1) is 0 Å². The summed E-state index contributed by atoms with van der Waals surface area (Å²) >= 11 is -3.25. The van der Waals surface area contributed by atoms with Crippen molar-refractivity contribution in [3.05, 3.63) is 0 Å². The van der Waals surface area contributed by atoms with Crippen LogP contribution in [0.4, 0.5) is 0 Å². The molecule has 32 valence electrons. The third-order valence-electron chi connectivity index (χ3n) is 0. The Balaban J connectivity index is 4.06. The molecule has 0 rings (SSSR count). The van der Waals surface area contributed by atoms with Gasteiger partial charge in [-0.15, -0.1) is 0 Å². The zero-order valence-corrected chi connectivity index (χ0v) is 4.94. The summed E-state index contributed by atoms with van der Waals surface area (Å²) in [6.07, 6.45) is 0. The van der Waals surface area contributed by atoms with E-state index < -0.39 is 12.7 Å². The van der Waals surface area contributed by atoms with E-state index in [-0.39, 0.29) is 0 Å². The second-order valence-corrected chi connectivity index (χ2v) is 5.94. The summed E-state index contributed by atoms with van der Waals surface area (Å²) < 4.78 is 19.4. The van der Waals surface area contributed by atoms with Crippen LogP contribution < -0.4 is 0 Å². The van der Waals surface area contributed by atoms with E-state index in [2.05, 4.69) is 0 Å². The van der Waals surface area contributed by atoms with Gasteiger partial charge in [0.1, 0.15) is 0 Å². The van der Waals surface area contributed by atoms with Crippen molar-refractivity contribution in [1.82, 2.24) is 0 Å². The van der Waals surface area contributed by atoms with Crippen molar-refractivity contribution in [1.29, 1.82) is 0 Å². The van der Waals surface area contributed by atoms with Crippen LogP contribution in [0.15, 0.2) is 0 Å². The minimum absolute atomic E-state index is 1.23. The molecule has 0 heterocycles. The van der Waals surface area contributed by atoms with Crippen molar-refractivity contribution in [2.24, 2.45) is 0 Å². The maximum atomic E-state index is 9.70. The second kappa shape index (κ2) is 1.07. The van der Waals surface area contributed by atoms with Gasteiger partial charge >= 0.3 is 32.0 Å². The SMILES string of the molecule is C[Se](C)(=O)=O. The van der Waals surface area contributed by atoms with Gasteiger partial charge in [-0.05, 0) is 0 Å². The average molecular weight is 141 g/mol. The summed E-state index contributed by atoms with van der Waals surface area (Å²) in [4.78, 5) is 0. The Morgan fingerprint density at radius 2 is 1.20 bits per heavy atom. The predicted molar refractivity (Wildman–Crippen MR) is 18.9 cm³/mol. The monoisotopic (exact) mass is 142 g/mol. The number of hydrogen-bond donors (Lipinski definition) is 0. The molecule has 0 spiro atoms. The second-order valence-electron chi connectivity index (χ2n) is 1.14. The Kier molecular flexibility index (Phi) is 1.10. The van der Waals surface area contributed by atoms with Gasteiger partial charge in [-0.2, -0.15) is 0 Å². The zero-order chi connectivity index (χ0) is 4.50. The molecule has 0 aromatic carbocycles. The fraction of sp³-hybridized carbons (Fsp3) is 1.00. The van der Waals surface area contributed by atoms with Crippen molar-refractivity contribution in [2.45, 2.75) is 11.6 Å². The summed E-state index contributed by atoms with van der Waals surface area (Å²) in [5, 5.41) is 0. The normalized spacial score (nSPS) is 11.6. The van der Waals surface area contributed by atoms with E-state index in [0.29, 0.717) is 0 Å². The Hall–Kier alpha value is 0.119. The average Bonchev–Trinajstić information content (AvgIpc) is 0.722. The predicted octanol–water partition coefficient (Wildman–Crippen LogP) is 0.549. The third-order valence-corrected chi connectivity index (χ3v) is 0. The van der Waals surface area contributed by atoms with Gasteiger partial charge in [-0.1, -0.05) is 0 Å². The summed E-state index contributed by atoms with van der Waals surface area (Å²) in [7, 11) is 0. The third kappa shape index (κ3) is 1300. The van der Waals surface area contributed by atoms with Crippen LogP contribution in [0.1, 0.15) is 0 Å².